The zero-order valence-corrected chi connectivity index (χ0v) is 15.9. The predicted molar refractivity (Wildman–Crippen MR) is 106 cm³/mol. The normalized spacial score (nSPS) is 18.9. The van der Waals surface area contributed by atoms with Crippen molar-refractivity contribution in [2.45, 2.75) is 12.5 Å². The zero-order chi connectivity index (χ0) is 20.5. The van der Waals surface area contributed by atoms with Crippen LogP contribution in [-0.2, 0) is 21.2 Å². The van der Waals surface area contributed by atoms with E-state index < -0.39 is 17.8 Å². The molecule has 0 radical (unpaired) electrons. The number of benzene rings is 3. The Kier molecular flexibility index (Phi) is 4.69. The van der Waals surface area contributed by atoms with E-state index in [1.54, 1.807) is 18.2 Å². The van der Waals surface area contributed by atoms with E-state index in [0.717, 1.165) is 16.7 Å². The molecule has 0 N–H and O–H groups in total. The van der Waals surface area contributed by atoms with Gasteiger partial charge in [-0.1, -0.05) is 60.7 Å². The molecule has 6 nitrogen and oxygen atoms in total. The minimum absolute atomic E-state index is 0.106. The molecule has 0 fully saturated rings. The molecule has 2 atom stereocenters. The summed E-state index contributed by atoms with van der Waals surface area (Å²) in [4.78, 5) is 36.2. The van der Waals surface area contributed by atoms with E-state index in [1.807, 2.05) is 54.6 Å². The van der Waals surface area contributed by atoms with E-state index in [4.69, 9.17) is 19.2 Å². The Labute approximate surface area is 172 Å². The average molecular weight is 402 g/mol. The van der Waals surface area contributed by atoms with Gasteiger partial charge in [-0.25, -0.2) is 4.79 Å². The molecule has 1 aliphatic carbocycles. The van der Waals surface area contributed by atoms with E-state index in [9.17, 15) is 9.59 Å². The van der Waals surface area contributed by atoms with Gasteiger partial charge in [-0.2, -0.15) is 4.89 Å². The molecule has 2 unspecified atom stereocenters. The van der Waals surface area contributed by atoms with E-state index in [2.05, 4.69) is 0 Å². The van der Waals surface area contributed by atoms with Crippen molar-refractivity contribution in [3.05, 3.63) is 95.1 Å². The molecule has 150 valence electrons. The lowest BCUT2D eigenvalue weighted by Gasteiger charge is -2.18. The Morgan fingerprint density at radius 2 is 1.70 bits per heavy atom. The second-order valence-electron chi connectivity index (χ2n) is 7.17. The van der Waals surface area contributed by atoms with Crippen molar-refractivity contribution < 1.29 is 28.8 Å². The molecule has 1 aliphatic heterocycles. The number of rotatable bonds is 5. The molecule has 3 aromatic carbocycles. The Morgan fingerprint density at radius 1 is 0.933 bits per heavy atom. The van der Waals surface area contributed by atoms with Crippen molar-refractivity contribution in [3.63, 3.8) is 0 Å². The summed E-state index contributed by atoms with van der Waals surface area (Å²) in [6.07, 6.45) is 0. The quantitative estimate of drug-likeness (QED) is 0.365. The Bertz CT molecular complexity index is 1110. The summed E-state index contributed by atoms with van der Waals surface area (Å²) in [5, 5.41) is 0. The zero-order valence-electron chi connectivity index (χ0n) is 15.9. The second-order valence-corrected chi connectivity index (χ2v) is 7.17. The van der Waals surface area contributed by atoms with Gasteiger partial charge in [0.15, 0.2) is 17.3 Å². The van der Waals surface area contributed by atoms with Crippen molar-refractivity contribution in [2.24, 2.45) is 5.92 Å². The standard InChI is InChI=1S/C24H18O6/c25-23-18-9-5-4-8-17(18)21(16-10-11-19-20(12-16)28-14-27-19)22(23)24(26)30-29-13-15-6-2-1-3-7-15/h1-12,21-22H,13-14H2. The van der Waals surface area contributed by atoms with Crippen LogP contribution in [0.5, 0.6) is 11.5 Å². The van der Waals surface area contributed by atoms with Crippen LogP contribution >= 0.6 is 0 Å². The summed E-state index contributed by atoms with van der Waals surface area (Å²) in [6.45, 7) is 0.257. The molecule has 3 aromatic rings. The van der Waals surface area contributed by atoms with E-state index >= 15 is 0 Å². The summed E-state index contributed by atoms with van der Waals surface area (Å²) in [6, 6.07) is 22.0. The number of carbonyl (C=O) groups excluding carboxylic acids is 2. The van der Waals surface area contributed by atoms with Gasteiger partial charge in [-0.05, 0) is 28.8 Å². The third-order valence-electron chi connectivity index (χ3n) is 5.40. The first kappa shape index (κ1) is 18.4. The minimum Gasteiger partial charge on any atom is -0.454 e. The number of fused-ring (bicyclic) bond motifs is 2. The Balaban J connectivity index is 1.42. The van der Waals surface area contributed by atoms with Gasteiger partial charge in [0.2, 0.25) is 6.79 Å². The summed E-state index contributed by atoms with van der Waals surface area (Å²) in [7, 11) is 0. The first-order valence-corrected chi connectivity index (χ1v) is 9.62. The molecule has 0 bridgehead atoms. The number of hydrogen-bond acceptors (Lipinski definition) is 6. The molecule has 0 spiro atoms. The second kappa shape index (κ2) is 7.65. The highest BCUT2D eigenvalue weighted by atomic mass is 17.2. The highest BCUT2D eigenvalue weighted by Crippen LogP contribution is 2.45. The van der Waals surface area contributed by atoms with Crippen LogP contribution in [0.4, 0.5) is 0 Å². The number of ether oxygens (including phenoxy) is 2. The number of hydrogen-bond donors (Lipinski definition) is 0. The van der Waals surface area contributed by atoms with Gasteiger partial charge in [0, 0.05) is 11.5 Å². The Hall–Kier alpha value is -3.64. The van der Waals surface area contributed by atoms with Crippen molar-refractivity contribution in [3.8, 4) is 11.5 Å². The molecule has 30 heavy (non-hydrogen) atoms. The summed E-state index contributed by atoms with van der Waals surface area (Å²) in [5.41, 5.74) is 2.94. The fourth-order valence-electron chi connectivity index (χ4n) is 3.99. The van der Waals surface area contributed by atoms with Crippen LogP contribution in [0.1, 0.15) is 33.0 Å². The smallest absolute Gasteiger partial charge is 0.354 e. The molecular formula is C24H18O6. The predicted octanol–water partition coefficient (Wildman–Crippen LogP) is 4.03. The summed E-state index contributed by atoms with van der Waals surface area (Å²) in [5.74, 6) is -1.27. The number of Topliss-reactive ketones (excluding diaryl/α,β-unsaturated/α-hetero) is 1. The van der Waals surface area contributed by atoms with E-state index in [0.29, 0.717) is 17.1 Å². The lowest BCUT2D eigenvalue weighted by molar-refractivity contribution is -0.282. The largest absolute Gasteiger partial charge is 0.454 e. The highest BCUT2D eigenvalue weighted by molar-refractivity contribution is 6.13. The monoisotopic (exact) mass is 402 g/mol. The highest BCUT2D eigenvalue weighted by Gasteiger charge is 2.46. The molecule has 1 heterocycles. The van der Waals surface area contributed by atoms with Crippen LogP contribution in [0.2, 0.25) is 0 Å². The van der Waals surface area contributed by atoms with Gasteiger partial charge in [-0.3, -0.25) is 9.68 Å². The van der Waals surface area contributed by atoms with Gasteiger partial charge < -0.3 is 9.47 Å². The average Bonchev–Trinajstić information content (AvgIpc) is 3.36. The van der Waals surface area contributed by atoms with Crippen molar-refractivity contribution in [1.82, 2.24) is 0 Å². The van der Waals surface area contributed by atoms with E-state index in [-0.39, 0.29) is 19.2 Å². The van der Waals surface area contributed by atoms with E-state index in [1.165, 1.54) is 0 Å². The molecular weight excluding hydrogens is 384 g/mol. The minimum atomic E-state index is -1.03. The van der Waals surface area contributed by atoms with Crippen LogP contribution in [0.15, 0.2) is 72.8 Å². The topological polar surface area (TPSA) is 71.1 Å². The van der Waals surface area contributed by atoms with Gasteiger partial charge in [0.1, 0.15) is 12.5 Å². The lowest BCUT2D eigenvalue weighted by atomic mass is 9.85. The first-order valence-electron chi connectivity index (χ1n) is 9.62. The third-order valence-corrected chi connectivity index (χ3v) is 5.40. The van der Waals surface area contributed by atoms with Gasteiger partial charge in [-0.15, -0.1) is 0 Å². The molecule has 0 saturated heterocycles. The number of carbonyl (C=O) groups is 2. The van der Waals surface area contributed by atoms with Crippen LogP contribution in [0, 0.1) is 5.92 Å². The fraction of sp³-hybridized carbons (Fsp3) is 0.167. The number of ketones is 1. The van der Waals surface area contributed by atoms with Gasteiger partial charge in [0.25, 0.3) is 0 Å². The van der Waals surface area contributed by atoms with Gasteiger partial charge in [0.05, 0.1) is 0 Å². The lowest BCUT2D eigenvalue weighted by Crippen LogP contribution is -2.27. The summed E-state index contributed by atoms with van der Waals surface area (Å²) >= 11 is 0. The first-order chi connectivity index (χ1) is 14.7. The maximum absolute atomic E-state index is 13.1. The van der Waals surface area contributed by atoms with Crippen LogP contribution < -0.4 is 9.47 Å². The maximum atomic E-state index is 13.1. The molecule has 6 heteroatoms. The van der Waals surface area contributed by atoms with Gasteiger partial charge >= 0.3 is 5.97 Å². The molecule has 0 saturated carbocycles. The van der Waals surface area contributed by atoms with Crippen molar-refractivity contribution in [1.29, 1.82) is 0 Å². The van der Waals surface area contributed by atoms with Crippen molar-refractivity contribution in [2.75, 3.05) is 6.79 Å². The third kappa shape index (κ3) is 3.21. The fourth-order valence-corrected chi connectivity index (χ4v) is 3.99. The maximum Gasteiger partial charge on any atom is 0.354 e. The van der Waals surface area contributed by atoms with Crippen LogP contribution in [-0.4, -0.2) is 18.5 Å². The molecule has 5 rings (SSSR count). The molecule has 0 amide bonds. The SMILES string of the molecule is O=C(OOCc1ccccc1)C1C(=O)c2ccccc2C1c1ccc2c(c1)OCO2. The summed E-state index contributed by atoms with van der Waals surface area (Å²) < 4.78 is 10.9. The van der Waals surface area contributed by atoms with Crippen molar-refractivity contribution >= 4 is 11.8 Å². The van der Waals surface area contributed by atoms with Crippen LogP contribution in [0.3, 0.4) is 0 Å². The molecule has 2 aliphatic rings. The van der Waals surface area contributed by atoms with Crippen LogP contribution in [0.25, 0.3) is 0 Å². The Morgan fingerprint density at radius 3 is 2.57 bits per heavy atom. The molecule has 0 aromatic heterocycles.